The Morgan fingerprint density at radius 1 is 1.11 bits per heavy atom. The molecule has 1 amide bonds. The molecular formula is C21H24N4O3. The fraction of sp³-hybridized carbons (Fsp3) is 0.286. The zero-order valence-corrected chi connectivity index (χ0v) is 16.0. The summed E-state index contributed by atoms with van der Waals surface area (Å²) in [5.74, 6) is 1.56. The molecule has 0 aliphatic carbocycles. The average molecular weight is 380 g/mol. The third-order valence-corrected chi connectivity index (χ3v) is 4.33. The normalized spacial score (nSPS) is 11.6. The van der Waals surface area contributed by atoms with Crippen LogP contribution in [0, 0.1) is 0 Å². The molecule has 2 aromatic carbocycles. The van der Waals surface area contributed by atoms with Gasteiger partial charge in [-0.25, -0.2) is 9.67 Å². The Morgan fingerprint density at radius 2 is 1.82 bits per heavy atom. The molecule has 0 spiro atoms. The monoisotopic (exact) mass is 380 g/mol. The third kappa shape index (κ3) is 5.33. The van der Waals surface area contributed by atoms with Crippen molar-refractivity contribution in [2.45, 2.75) is 25.8 Å². The van der Waals surface area contributed by atoms with Crippen LogP contribution < -0.4 is 14.8 Å². The molecule has 0 aliphatic heterocycles. The lowest BCUT2D eigenvalue weighted by molar-refractivity contribution is -0.121. The first-order valence-electron chi connectivity index (χ1n) is 9.17. The summed E-state index contributed by atoms with van der Waals surface area (Å²) < 4.78 is 12.4. The van der Waals surface area contributed by atoms with Crippen LogP contribution in [0.1, 0.15) is 31.4 Å². The second-order valence-corrected chi connectivity index (χ2v) is 6.35. The smallest absolute Gasteiger partial charge is 0.220 e. The van der Waals surface area contributed by atoms with Gasteiger partial charge < -0.3 is 14.8 Å². The fourth-order valence-electron chi connectivity index (χ4n) is 2.75. The molecule has 28 heavy (non-hydrogen) atoms. The Labute approximate surface area is 164 Å². The highest BCUT2D eigenvalue weighted by atomic mass is 16.5. The van der Waals surface area contributed by atoms with Crippen LogP contribution in [-0.2, 0) is 4.79 Å². The van der Waals surface area contributed by atoms with E-state index >= 15 is 0 Å². The van der Waals surface area contributed by atoms with Crippen LogP contribution in [0.15, 0.2) is 61.2 Å². The molecule has 7 nitrogen and oxygen atoms in total. The molecule has 0 saturated heterocycles. The molecule has 0 radical (unpaired) electrons. The minimum absolute atomic E-state index is 0.00573. The summed E-state index contributed by atoms with van der Waals surface area (Å²) in [5, 5.41) is 7.12. The number of benzene rings is 2. The topological polar surface area (TPSA) is 78.3 Å². The number of nitrogens with one attached hydrogen (secondary N) is 1. The molecule has 3 rings (SSSR count). The molecule has 146 valence electrons. The van der Waals surface area contributed by atoms with Gasteiger partial charge >= 0.3 is 0 Å². The summed E-state index contributed by atoms with van der Waals surface area (Å²) in [6.07, 6.45) is 4.21. The van der Waals surface area contributed by atoms with Gasteiger partial charge in [0.05, 0.1) is 25.4 Å². The standard InChI is InChI=1S/C21H24N4O3/c1-16(17-5-7-18(8-6-17)25-15-22-14-23-25)24-21(26)4-3-13-28-20-11-9-19(27-2)10-12-20/h5-12,14-16H,3-4,13H2,1-2H3,(H,24,26). The van der Waals surface area contributed by atoms with Gasteiger partial charge in [0.1, 0.15) is 24.2 Å². The lowest BCUT2D eigenvalue weighted by Gasteiger charge is -2.15. The molecule has 0 saturated carbocycles. The summed E-state index contributed by atoms with van der Waals surface area (Å²) >= 11 is 0. The van der Waals surface area contributed by atoms with Crippen molar-refractivity contribution in [3.05, 3.63) is 66.7 Å². The number of ether oxygens (including phenoxy) is 2. The van der Waals surface area contributed by atoms with E-state index in [2.05, 4.69) is 15.4 Å². The van der Waals surface area contributed by atoms with Gasteiger partial charge in [0, 0.05) is 6.42 Å². The van der Waals surface area contributed by atoms with Gasteiger partial charge in [0.15, 0.2) is 0 Å². The first-order valence-corrected chi connectivity index (χ1v) is 9.17. The summed E-state index contributed by atoms with van der Waals surface area (Å²) in [4.78, 5) is 16.1. The molecule has 1 N–H and O–H groups in total. The summed E-state index contributed by atoms with van der Waals surface area (Å²) in [5.41, 5.74) is 1.96. The largest absolute Gasteiger partial charge is 0.497 e. The molecule has 1 heterocycles. The highest BCUT2D eigenvalue weighted by molar-refractivity contribution is 5.76. The average Bonchev–Trinajstić information content (AvgIpc) is 3.26. The Kier molecular flexibility index (Phi) is 6.62. The van der Waals surface area contributed by atoms with Crippen LogP contribution in [0.3, 0.4) is 0 Å². The molecule has 0 bridgehead atoms. The van der Waals surface area contributed by atoms with Gasteiger partial charge in [-0.1, -0.05) is 12.1 Å². The Balaban J connectivity index is 1.40. The van der Waals surface area contributed by atoms with Crippen molar-refractivity contribution in [3.8, 4) is 17.2 Å². The summed E-state index contributed by atoms with van der Waals surface area (Å²) in [7, 11) is 1.63. The van der Waals surface area contributed by atoms with E-state index in [9.17, 15) is 4.79 Å². The van der Waals surface area contributed by atoms with Crippen molar-refractivity contribution in [2.75, 3.05) is 13.7 Å². The van der Waals surface area contributed by atoms with Gasteiger partial charge in [-0.15, -0.1) is 0 Å². The second kappa shape index (κ2) is 9.55. The van der Waals surface area contributed by atoms with Crippen LogP contribution in [0.5, 0.6) is 11.5 Å². The lowest BCUT2D eigenvalue weighted by Crippen LogP contribution is -2.26. The first kappa shape index (κ1) is 19.4. The first-order chi connectivity index (χ1) is 13.7. The molecule has 1 unspecified atom stereocenters. The van der Waals surface area contributed by atoms with Crippen LogP contribution in [-0.4, -0.2) is 34.4 Å². The maximum atomic E-state index is 12.2. The molecule has 0 fully saturated rings. The van der Waals surface area contributed by atoms with E-state index in [1.807, 2.05) is 55.5 Å². The van der Waals surface area contributed by atoms with Crippen molar-refractivity contribution in [2.24, 2.45) is 0 Å². The zero-order valence-electron chi connectivity index (χ0n) is 16.0. The van der Waals surface area contributed by atoms with E-state index in [0.29, 0.717) is 19.4 Å². The highest BCUT2D eigenvalue weighted by Gasteiger charge is 2.10. The van der Waals surface area contributed by atoms with Crippen LogP contribution >= 0.6 is 0 Å². The van der Waals surface area contributed by atoms with Crippen molar-refractivity contribution in [1.82, 2.24) is 20.1 Å². The predicted octanol–water partition coefficient (Wildman–Crippen LogP) is 3.31. The minimum atomic E-state index is -0.0696. The number of carbonyl (C=O) groups is 1. The fourth-order valence-corrected chi connectivity index (χ4v) is 2.75. The van der Waals surface area contributed by atoms with Crippen molar-refractivity contribution >= 4 is 5.91 Å². The molecule has 1 aromatic heterocycles. The molecule has 0 aliphatic rings. The van der Waals surface area contributed by atoms with E-state index in [4.69, 9.17) is 9.47 Å². The maximum Gasteiger partial charge on any atom is 0.220 e. The van der Waals surface area contributed by atoms with Gasteiger partial charge in [-0.2, -0.15) is 5.10 Å². The summed E-state index contributed by atoms with van der Waals surface area (Å²) in [6, 6.07) is 15.2. The number of hydrogen-bond donors (Lipinski definition) is 1. The SMILES string of the molecule is COc1ccc(OCCCC(=O)NC(C)c2ccc(-n3cncn3)cc2)cc1. The quantitative estimate of drug-likeness (QED) is 0.576. The van der Waals surface area contributed by atoms with E-state index in [1.165, 1.54) is 6.33 Å². The predicted molar refractivity (Wildman–Crippen MR) is 106 cm³/mol. The second-order valence-electron chi connectivity index (χ2n) is 6.35. The van der Waals surface area contributed by atoms with Gasteiger partial charge in [-0.05, 0) is 55.3 Å². The van der Waals surface area contributed by atoms with Crippen molar-refractivity contribution in [1.29, 1.82) is 0 Å². The number of carbonyl (C=O) groups excluding carboxylic acids is 1. The number of methoxy groups -OCH3 is 1. The Bertz CT molecular complexity index is 862. The molecule has 7 heteroatoms. The van der Waals surface area contributed by atoms with Crippen LogP contribution in [0.2, 0.25) is 0 Å². The molecule has 1 atom stereocenters. The Hall–Kier alpha value is -3.35. The van der Waals surface area contributed by atoms with Crippen molar-refractivity contribution in [3.63, 3.8) is 0 Å². The molecular weight excluding hydrogens is 356 g/mol. The third-order valence-electron chi connectivity index (χ3n) is 4.33. The highest BCUT2D eigenvalue weighted by Crippen LogP contribution is 2.18. The van der Waals surface area contributed by atoms with E-state index in [1.54, 1.807) is 18.1 Å². The van der Waals surface area contributed by atoms with Gasteiger partial charge in [-0.3, -0.25) is 4.79 Å². The van der Waals surface area contributed by atoms with Gasteiger partial charge in [0.2, 0.25) is 5.91 Å². The number of rotatable bonds is 9. The van der Waals surface area contributed by atoms with Crippen molar-refractivity contribution < 1.29 is 14.3 Å². The zero-order chi connectivity index (χ0) is 19.8. The summed E-state index contributed by atoms with van der Waals surface area (Å²) in [6.45, 7) is 2.46. The number of hydrogen-bond acceptors (Lipinski definition) is 5. The van der Waals surface area contributed by atoms with Gasteiger partial charge in [0.25, 0.3) is 0 Å². The maximum absolute atomic E-state index is 12.2. The molecule has 3 aromatic rings. The van der Waals surface area contributed by atoms with E-state index in [-0.39, 0.29) is 11.9 Å². The number of aromatic nitrogens is 3. The lowest BCUT2D eigenvalue weighted by atomic mass is 10.1. The van der Waals surface area contributed by atoms with Crippen LogP contribution in [0.4, 0.5) is 0 Å². The van der Waals surface area contributed by atoms with Crippen LogP contribution in [0.25, 0.3) is 5.69 Å². The number of nitrogens with zero attached hydrogens (tertiary/aromatic N) is 3. The minimum Gasteiger partial charge on any atom is -0.497 e. The van der Waals surface area contributed by atoms with E-state index < -0.39 is 0 Å². The number of amides is 1. The Morgan fingerprint density at radius 3 is 2.46 bits per heavy atom. The van der Waals surface area contributed by atoms with E-state index in [0.717, 1.165) is 22.7 Å².